The Labute approximate surface area is 171 Å². The van der Waals surface area contributed by atoms with Crippen molar-refractivity contribution in [2.75, 3.05) is 11.5 Å². The normalized spacial score (nSPS) is 17.4. The Bertz CT molecular complexity index is 863. The van der Waals surface area contributed by atoms with E-state index >= 15 is 0 Å². The molecule has 0 radical (unpaired) electrons. The number of para-hydroxylation sites is 2. The smallest absolute Gasteiger partial charge is 0.320 e. The number of anilines is 1. The number of rotatable bonds is 7. The topological polar surface area (TPSA) is 78.9 Å². The molecule has 2 aromatic rings. The molecule has 0 aliphatic carbocycles. The predicted octanol–water partition coefficient (Wildman–Crippen LogP) is 3.56. The van der Waals surface area contributed by atoms with Crippen molar-refractivity contribution in [1.29, 1.82) is 0 Å². The molecule has 0 saturated heterocycles. The summed E-state index contributed by atoms with van der Waals surface area (Å²) in [6.07, 6.45) is 0.378. The van der Waals surface area contributed by atoms with Gasteiger partial charge < -0.3 is 14.7 Å². The Balaban J connectivity index is 1.89. The monoisotopic (exact) mass is 396 g/mol. The third kappa shape index (κ3) is 4.77. The minimum Gasteiger partial charge on any atom is -0.489 e. The molecular weight excluding hydrogens is 368 g/mol. The van der Waals surface area contributed by atoms with Crippen molar-refractivity contribution in [3.05, 3.63) is 59.7 Å². The number of carboxylic acids is 1. The third-order valence-electron chi connectivity index (χ3n) is 5.22. The second-order valence-corrected chi connectivity index (χ2v) is 7.62. The van der Waals surface area contributed by atoms with Gasteiger partial charge in [-0.05, 0) is 35.6 Å². The van der Waals surface area contributed by atoms with Crippen LogP contribution in [-0.4, -0.2) is 35.7 Å². The van der Waals surface area contributed by atoms with E-state index in [2.05, 4.69) is 31.3 Å². The van der Waals surface area contributed by atoms with Crippen molar-refractivity contribution < 1.29 is 19.4 Å². The van der Waals surface area contributed by atoms with Crippen LogP contribution in [0.15, 0.2) is 48.5 Å². The predicted molar refractivity (Wildman–Crippen MR) is 112 cm³/mol. The largest absolute Gasteiger partial charge is 0.489 e. The van der Waals surface area contributed by atoms with Crippen molar-refractivity contribution in [2.24, 2.45) is 0 Å². The molecular formula is C23H28N2O4. The summed E-state index contributed by atoms with van der Waals surface area (Å²) in [4.78, 5) is 26.5. The highest BCUT2D eigenvalue weighted by atomic mass is 16.5. The van der Waals surface area contributed by atoms with E-state index in [1.54, 1.807) is 11.8 Å². The van der Waals surface area contributed by atoms with E-state index in [1.165, 1.54) is 5.56 Å². The third-order valence-corrected chi connectivity index (χ3v) is 5.22. The molecule has 2 aromatic carbocycles. The fourth-order valence-electron chi connectivity index (χ4n) is 3.43. The Morgan fingerprint density at radius 3 is 2.52 bits per heavy atom. The number of ether oxygens (including phenoxy) is 1. The molecule has 0 saturated carbocycles. The maximum absolute atomic E-state index is 13.4. The van der Waals surface area contributed by atoms with Crippen molar-refractivity contribution in [3.63, 3.8) is 0 Å². The van der Waals surface area contributed by atoms with Crippen LogP contribution in [-0.2, 0) is 16.1 Å². The van der Waals surface area contributed by atoms with Crippen molar-refractivity contribution >= 4 is 17.6 Å². The van der Waals surface area contributed by atoms with Gasteiger partial charge in [-0.2, -0.15) is 0 Å². The van der Waals surface area contributed by atoms with Crippen LogP contribution in [0.3, 0.4) is 0 Å². The first-order chi connectivity index (χ1) is 13.9. The SMILES string of the molecule is CC[C@H](N[C@@H]1COc2ccccc2N(Cc2ccc(C(C)C)cc2)C1=O)C(=O)O. The summed E-state index contributed by atoms with van der Waals surface area (Å²) < 4.78 is 5.86. The number of nitrogens with zero attached hydrogens (tertiary/aromatic N) is 1. The number of hydrogen-bond acceptors (Lipinski definition) is 4. The summed E-state index contributed by atoms with van der Waals surface area (Å²) in [5.74, 6) is -0.110. The zero-order valence-corrected chi connectivity index (χ0v) is 17.1. The molecule has 6 heteroatoms. The lowest BCUT2D eigenvalue weighted by Crippen LogP contribution is -2.53. The molecule has 0 spiro atoms. The zero-order valence-electron chi connectivity index (χ0n) is 17.1. The molecule has 0 unspecified atom stereocenters. The fourth-order valence-corrected chi connectivity index (χ4v) is 3.43. The Morgan fingerprint density at radius 1 is 1.21 bits per heavy atom. The first-order valence-corrected chi connectivity index (χ1v) is 10.0. The molecule has 0 fully saturated rings. The van der Waals surface area contributed by atoms with Crippen molar-refractivity contribution in [3.8, 4) is 5.75 Å². The summed E-state index contributed by atoms with van der Waals surface area (Å²) in [6.45, 7) is 6.53. The fraction of sp³-hybridized carbons (Fsp3) is 0.391. The maximum atomic E-state index is 13.4. The second kappa shape index (κ2) is 9.09. The van der Waals surface area contributed by atoms with Gasteiger partial charge in [-0.1, -0.05) is 57.2 Å². The van der Waals surface area contributed by atoms with E-state index in [9.17, 15) is 14.7 Å². The van der Waals surface area contributed by atoms with Crippen molar-refractivity contribution in [1.82, 2.24) is 5.32 Å². The number of carboxylic acid groups (broad SMARTS) is 1. The van der Waals surface area contributed by atoms with Crippen LogP contribution in [0.4, 0.5) is 5.69 Å². The average molecular weight is 396 g/mol. The molecule has 29 heavy (non-hydrogen) atoms. The molecule has 3 rings (SSSR count). The maximum Gasteiger partial charge on any atom is 0.320 e. The van der Waals surface area contributed by atoms with Gasteiger partial charge in [-0.15, -0.1) is 0 Å². The first kappa shape index (κ1) is 20.9. The number of nitrogens with one attached hydrogen (secondary N) is 1. The highest BCUT2D eigenvalue weighted by Crippen LogP contribution is 2.32. The number of carbonyl (C=O) groups is 2. The minimum atomic E-state index is -0.974. The molecule has 0 bridgehead atoms. The Kier molecular flexibility index (Phi) is 6.54. The van der Waals surface area contributed by atoms with Gasteiger partial charge in [0.1, 0.15) is 24.4 Å². The molecule has 1 aliphatic heterocycles. The molecule has 6 nitrogen and oxygen atoms in total. The number of fused-ring (bicyclic) bond motifs is 1. The summed E-state index contributed by atoms with van der Waals surface area (Å²) in [6, 6.07) is 14.1. The van der Waals surface area contributed by atoms with Gasteiger partial charge in [0.15, 0.2) is 0 Å². The lowest BCUT2D eigenvalue weighted by molar-refractivity contribution is -0.140. The van der Waals surface area contributed by atoms with Gasteiger partial charge in [-0.3, -0.25) is 14.9 Å². The van der Waals surface area contributed by atoms with Gasteiger partial charge in [0.25, 0.3) is 0 Å². The van der Waals surface area contributed by atoms with E-state index in [-0.39, 0.29) is 12.5 Å². The average Bonchev–Trinajstić information content (AvgIpc) is 2.84. The van der Waals surface area contributed by atoms with Gasteiger partial charge in [0.2, 0.25) is 5.91 Å². The lowest BCUT2D eigenvalue weighted by Gasteiger charge is -2.26. The van der Waals surface area contributed by atoms with Crippen LogP contribution in [0.1, 0.15) is 44.2 Å². The van der Waals surface area contributed by atoms with Gasteiger partial charge in [0.05, 0.1) is 12.2 Å². The Morgan fingerprint density at radius 2 is 1.90 bits per heavy atom. The van der Waals surface area contributed by atoms with E-state index < -0.39 is 18.1 Å². The summed E-state index contributed by atoms with van der Waals surface area (Å²) in [5.41, 5.74) is 2.94. The zero-order chi connectivity index (χ0) is 21.0. The van der Waals surface area contributed by atoms with E-state index in [1.807, 2.05) is 36.4 Å². The van der Waals surface area contributed by atoms with Crippen molar-refractivity contribution in [2.45, 2.75) is 51.7 Å². The molecule has 0 aromatic heterocycles. The highest BCUT2D eigenvalue weighted by Gasteiger charge is 2.33. The van der Waals surface area contributed by atoms with Crippen LogP contribution >= 0.6 is 0 Å². The summed E-state index contributed by atoms with van der Waals surface area (Å²) >= 11 is 0. The van der Waals surface area contributed by atoms with E-state index in [0.29, 0.717) is 30.3 Å². The van der Waals surface area contributed by atoms with Crippen LogP contribution < -0.4 is 15.0 Å². The number of benzene rings is 2. The van der Waals surface area contributed by atoms with Crippen LogP contribution in [0.5, 0.6) is 5.75 Å². The van der Waals surface area contributed by atoms with E-state index in [4.69, 9.17) is 4.74 Å². The Hall–Kier alpha value is -2.86. The van der Waals surface area contributed by atoms with Crippen LogP contribution in [0, 0.1) is 0 Å². The van der Waals surface area contributed by atoms with Gasteiger partial charge in [-0.25, -0.2) is 0 Å². The highest BCUT2D eigenvalue weighted by molar-refractivity contribution is 5.99. The van der Waals surface area contributed by atoms with Gasteiger partial charge >= 0.3 is 5.97 Å². The summed E-state index contributed by atoms with van der Waals surface area (Å²) in [5, 5.41) is 12.3. The molecule has 1 heterocycles. The molecule has 1 aliphatic rings. The van der Waals surface area contributed by atoms with Crippen LogP contribution in [0.2, 0.25) is 0 Å². The number of amides is 1. The first-order valence-electron chi connectivity index (χ1n) is 10.0. The number of hydrogen-bond donors (Lipinski definition) is 2. The van der Waals surface area contributed by atoms with Crippen LogP contribution in [0.25, 0.3) is 0 Å². The second-order valence-electron chi connectivity index (χ2n) is 7.62. The lowest BCUT2D eigenvalue weighted by atomic mass is 10.0. The van der Waals surface area contributed by atoms with E-state index in [0.717, 1.165) is 5.56 Å². The molecule has 1 amide bonds. The standard InChI is InChI=1S/C23H28N2O4/c1-4-18(23(27)28)24-19-14-29-21-8-6-5-7-20(21)25(22(19)26)13-16-9-11-17(12-10-16)15(2)3/h5-12,15,18-19,24H,4,13-14H2,1-3H3,(H,27,28)/t18-,19+/m0/s1. The number of carbonyl (C=O) groups excluding carboxylic acids is 1. The quantitative estimate of drug-likeness (QED) is 0.748. The molecule has 2 N–H and O–H groups in total. The summed E-state index contributed by atoms with van der Waals surface area (Å²) in [7, 11) is 0. The molecule has 2 atom stereocenters. The minimum absolute atomic E-state index is 0.0857. The van der Waals surface area contributed by atoms with Gasteiger partial charge in [0, 0.05) is 0 Å². The number of aliphatic carboxylic acids is 1. The molecule has 154 valence electrons.